The zero-order valence-corrected chi connectivity index (χ0v) is 17.0. The van der Waals surface area contributed by atoms with E-state index in [0.29, 0.717) is 16.2 Å². The van der Waals surface area contributed by atoms with Gasteiger partial charge in [0, 0.05) is 6.04 Å². The smallest absolute Gasteiger partial charge is 0.268 e. The molecule has 1 fully saturated rings. The minimum Gasteiger partial charge on any atom is -0.468 e. The molecule has 4 nitrogen and oxygen atoms in total. The standard InChI is InChI=1S/C23H25NO3S/c1-16-10-12-17(13-11-16)20-21(28-15-19-9-6-14-27-19)23(26)24(22(20)25)18-7-4-2-3-5-8-18/h6,9-14,18H,2-5,7-8,15H2,1H3. The number of amides is 2. The van der Waals surface area contributed by atoms with Crippen LogP contribution in [0.1, 0.15) is 55.4 Å². The third kappa shape index (κ3) is 3.81. The molecule has 5 heteroatoms. The lowest BCUT2D eigenvalue weighted by Crippen LogP contribution is -2.40. The van der Waals surface area contributed by atoms with E-state index in [-0.39, 0.29) is 17.9 Å². The van der Waals surface area contributed by atoms with Gasteiger partial charge in [-0.1, -0.05) is 55.5 Å². The van der Waals surface area contributed by atoms with Crippen molar-refractivity contribution in [2.24, 2.45) is 0 Å². The van der Waals surface area contributed by atoms with Crippen molar-refractivity contribution in [2.75, 3.05) is 0 Å². The first-order valence-electron chi connectivity index (χ1n) is 9.99. The number of benzene rings is 1. The lowest BCUT2D eigenvalue weighted by atomic mass is 10.0. The second kappa shape index (κ2) is 8.39. The molecule has 1 aliphatic heterocycles. The molecule has 2 aromatic rings. The van der Waals surface area contributed by atoms with Gasteiger partial charge in [0.25, 0.3) is 11.8 Å². The maximum atomic E-state index is 13.4. The first-order chi connectivity index (χ1) is 13.6. The fourth-order valence-electron chi connectivity index (χ4n) is 4.02. The summed E-state index contributed by atoms with van der Waals surface area (Å²) in [6, 6.07) is 11.6. The Morgan fingerprint density at radius 3 is 2.36 bits per heavy atom. The summed E-state index contributed by atoms with van der Waals surface area (Å²) in [7, 11) is 0. The molecule has 0 bridgehead atoms. The van der Waals surface area contributed by atoms with Crippen molar-refractivity contribution < 1.29 is 14.0 Å². The van der Waals surface area contributed by atoms with Gasteiger partial charge < -0.3 is 4.42 Å². The molecule has 146 valence electrons. The molecule has 4 rings (SSSR count). The second-order valence-corrected chi connectivity index (χ2v) is 8.55. The molecule has 1 saturated carbocycles. The Hall–Kier alpha value is -2.27. The summed E-state index contributed by atoms with van der Waals surface area (Å²) >= 11 is 1.41. The summed E-state index contributed by atoms with van der Waals surface area (Å²) in [5.74, 6) is 1.07. The Morgan fingerprint density at radius 2 is 1.71 bits per heavy atom. The van der Waals surface area contributed by atoms with Crippen molar-refractivity contribution in [1.82, 2.24) is 4.90 Å². The fraction of sp³-hybridized carbons (Fsp3) is 0.391. The van der Waals surface area contributed by atoms with E-state index in [2.05, 4.69) is 0 Å². The topological polar surface area (TPSA) is 50.5 Å². The van der Waals surface area contributed by atoms with Crippen LogP contribution in [0.25, 0.3) is 5.57 Å². The molecule has 0 atom stereocenters. The summed E-state index contributed by atoms with van der Waals surface area (Å²) in [4.78, 5) is 28.8. The molecular weight excluding hydrogens is 370 g/mol. The highest BCUT2D eigenvalue weighted by molar-refractivity contribution is 8.03. The van der Waals surface area contributed by atoms with Gasteiger partial charge in [0.15, 0.2) is 0 Å². The number of imide groups is 1. The molecule has 0 radical (unpaired) electrons. The van der Waals surface area contributed by atoms with Crippen LogP contribution in [0.2, 0.25) is 0 Å². The van der Waals surface area contributed by atoms with Crippen molar-refractivity contribution >= 4 is 29.1 Å². The molecule has 2 heterocycles. The van der Waals surface area contributed by atoms with E-state index in [0.717, 1.165) is 42.6 Å². The van der Waals surface area contributed by atoms with Crippen LogP contribution in [0.15, 0.2) is 52.0 Å². The fourth-order valence-corrected chi connectivity index (χ4v) is 5.04. The molecule has 0 unspecified atom stereocenters. The maximum Gasteiger partial charge on any atom is 0.268 e. The van der Waals surface area contributed by atoms with Gasteiger partial charge >= 0.3 is 0 Å². The molecular formula is C23H25NO3S. The predicted molar refractivity (Wildman–Crippen MR) is 111 cm³/mol. The van der Waals surface area contributed by atoms with E-state index in [1.165, 1.54) is 24.6 Å². The van der Waals surface area contributed by atoms with Crippen LogP contribution in [0.4, 0.5) is 0 Å². The van der Waals surface area contributed by atoms with Crippen LogP contribution in [-0.4, -0.2) is 22.8 Å². The van der Waals surface area contributed by atoms with Crippen LogP contribution < -0.4 is 0 Å². The first kappa shape index (κ1) is 19.1. The molecule has 2 amide bonds. The summed E-state index contributed by atoms with van der Waals surface area (Å²) in [5, 5.41) is 0. The number of furan rings is 1. The van der Waals surface area contributed by atoms with Crippen molar-refractivity contribution in [3.05, 3.63) is 64.5 Å². The highest BCUT2D eigenvalue weighted by atomic mass is 32.2. The summed E-state index contributed by atoms with van der Waals surface area (Å²) in [6.07, 6.45) is 7.98. The summed E-state index contributed by atoms with van der Waals surface area (Å²) < 4.78 is 5.42. The zero-order valence-electron chi connectivity index (χ0n) is 16.1. The molecule has 2 aliphatic rings. The highest BCUT2D eigenvalue weighted by Gasteiger charge is 2.42. The van der Waals surface area contributed by atoms with Gasteiger partial charge in [0.2, 0.25) is 0 Å². The largest absolute Gasteiger partial charge is 0.468 e. The van der Waals surface area contributed by atoms with Gasteiger partial charge in [-0.3, -0.25) is 14.5 Å². The van der Waals surface area contributed by atoms with Crippen LogP contribution in [-0.2, 0) is 15.3 Å². The normalized spacial score (nSPS) is 18.8. The van der Waals surface area contributed by atoms with Crippen LogP contribution >= 0.6 is 11.8 Å². The maximum absolute atomic E-state index is 13.4. The third-order valence-electron chi connectivity index (χ3n) is 5.54. The van der Waals surface area contributed by atoms with Gasteiger partial charge in [-0.2, -0.15) is 0 Å². The Labute approximate surface area is 170 Å². The molecule has 1 aliphatic carbocycles. The number of rotatable bonds is 5. The zero-order chi connectivity index (χ0) is 19.5. The monoisotopic (exact) mass is 395 g/mol. The molecule has 1 aromatic carbocycles. The van der Waals surface area contributed by atoms with Gasteiger partial charge in [-0.05, 0) is 37.5 Å². The number of aryl methyl sites for hydroxylation is 1. The lowest BCUT2D eigenvalue weighted by Gasteiger charge is -2.25. The van der Waals surface area contributed by atoms with E-state index in [9.17, 15) is 9.59 Å². The van der Waals surface area contributed by atoms with E-state index in [4.69, 9.17) is 4.42 Å². The number of hydrogen-bond donors (Lipinski definition) is 0. The Balaban J connectivity index is 1.67. The Bertz CT molecular complexity index is 875. The second-order valence-electron chi connectivity index (χ2n) is 7.56. The van der Waals surface area contributed by atoms with Gasteiger partial charge in [0.1, 0.15) is 5.76 Å². The van der Waals surface area contributed by atoms with Gasteiger partial charge in [0.05, 0.1) is 22.5 Å². The molecule has 0 saturated heterocycles. The van der Waals surface area contributed by atoms with Crippen LogP contribution in [0, 0.1) is 6.92 Å². The quantitative estimate of drug-likeness (QED) is 0.508. The lowest BCUT2D eigenvalue weighted by molar-refractivity contribution is -0.139. The first-order valence-corrected chi connectivity index (χ1v) is 11.0. The number of nitrogens with zero attached hydrogens (tertiary/aromatic N) is 1. The van der Waals surface area contributed by atoms with Gasteiger partial charge in [-0.15, -0.1) is 11.8 Å². The minimum absolute atomic E-state index is 0.0182. The Kier molecular flexibility index (Phi) is 5.72. The average molecular weight is 396 g/mol. The number of thioether (sulfide) groups is 1. The number of hydrogen-bond acceptors (Lipinski definition) is 4. The SMILES string of the molecule is Cc1ccc(C2=C(SCc3ccco3)C(=O)N(C3CCCCCC3)C2=O)cc1. The Morgan fingerprint density at radius 1 is 1.00 bits per heavy atom. The average Bonchev–Trinajstić information content (AvgIpc) is 3.18. The van der Waals surface area contributed by atoms with E-state index >= 15 is 0 Å². The molecule has 0 N–H and O–H groups in total. The molecule has 28 heavy (non-hydrogen) atoms. The summed E-state index contributed by atoms with van der Waals surface area (Å²) in [6.45, 7) is 2.02. The van der Waals surface area contributed by atoms with Crippen LogP contribution in [0.3, 0.4) is 0 Å². The van der Waals surface area contributed by atoms with Crippen LogP contribution in [0.5, 0.6) is 0 Å². The minimum atomic E-state index is -0.136. The van der Waals surface area contributed by atoms with Crippen molar-refractivity contribution in [2.45, 2.75) is 57.2 Å². The third-order valence-corrected chi connectivity index (χ3v) is 6.64. The van der Waals surface area contributed by atoms with Crippen molar-refractivity contribution in [3.63, 3.8) is 0 Å². The van der Waals surface area contributed by atoms with Crippen molar-refractivity contribution in [1.29, 1.82) is 0 Å². The number of carbonyl (C=O) groups excluding carboxylic acids is 2. The van der Waals surface area contributed by atoms with E-state index in [1.807, 2.05) is 43.3 Å². The highest BCUT2D eigenvalue weighted by Crippen LogP contribution is 2.40. The molecule has 1 aromatic heterocycles. The predicted octanol–water partition coefficient (Wildman–Crippen LogP) is 5.32. The number of carbonyl (C=O) groups is 2. The van der Waals surface area contributed by atoms with Crippen molar-refractivity contribution in [3.8, 4) is 0 Å². The van der Waals surface area contributed by atoms with E-state index in [1.54, 1.807) is 11.2 Å². The van der Waals surface area contributed by atoms with Gasteiger partial charge in [-0.25, -0.2) is 0 Å². The summed E-state index contributed by atoms with van der Waals surface area (Å²) in [5.41, 5.74) is 2.50. The van der Waals surface area contributed by atoms with E-state index < -0.39 is 0 Å². The molecule has 0 spiro atoms.